The van der Waals surface area contributed by atoms with Crippen LogP contribution in [-0.2, 0) is 0 Å². The highest BCUT2D eigenvalue weighted by Crippen LogP contribution is 2.37. The zero-order chi connectivity index (χ0) is 14.8. The number of aromatic nitrogens is 7. The molecule has 3 rings (SSSR count). The first-order valence-corrected chi connectivity index (χ1v) is 7.53. The highest BCUT2D eigenvalue weighted by Gasteiger charge is 2.28. The maximum Gasteiger partial charge on any atom is 0.322 e. The standard InChI is InChI=1S/C11H16N8OS/c1-6(2)20-9-13-8(12-3)14-10(15-9)21-11-16-17-18-19(11)7-4-5-7/h6-7H,4-5H2,1-3H3,(H,12,13,14,15). The fourth-order valence-electron chi connectivity index (χ4n) is 1.64. The Balaban J connectivity index is 1.84. The molecule has 21 heavy (non-hydrogen) atoms. The van der Waals surface area contributed by atoms with Crippen molar-refractivity contribution in [3.63, 3.8) is 0 Å². The largest absolute Gasteiger partial charge is 0.461 e. The number of ether oxygens (including phenoxy) is 1. The van der Waals surface area contributed by atoms with Gasteiger partial charge in [-0.1, -0.05) is 0 Å². The number of nitrogens with one attached hydrogen (secondary N) is 1. The second-order valence-corrected chi connectivity index (χ2v) is 5.81. The van der Waals surface area contributed by atoms with Gasteiger partial charge in [-0.05, 0) is 48.9 Å². The molecule has 0 bridgehead atoms. The first-order valence-electron chi connectivity index (χ1n) is 6.72. The summed E-state index contributed by atoms with van der Waals surface area (Å²) in [5.41, 5.74) is 0. The van der Waals surface area contributed by atoms with Crippen molar-refractivity contribution in [3.8, 4) is 6.01 Å². The van der Waals surface area contributed by atoms with E-state index in [0.29, 0.717) is 22.3 Å². The van der Waals surface area contributed by atoms with Gasteiger partial charge in [0, 0.05) is 7.05 Å². The minimum absolute atomic E-state index is 0.00765. The molecule has 0 spiro atoms. The number of nitrogens with zero attached hydrogens (tertiary/aromatic N) is 7. The van der Waals surface area contributed by atoms with Crippen molar-refractivity contribution in [1.82, 2.24) is 35.2 Å². The van der Waals surface area contributed by atoms with Crippen molar-refractivity contribution >= 4 is 17.7 Å². The first kappa shape index (κ1) is 14.0. The molecule has 1 saturated carbocycles. The lowest BCUT2D eigenvalue weighted by Crippen LogP contribution is -2.11. The number of rotatable bonds is 6. The summed E-state index contributed by atoms with van der Waals surface area (Å²) in [6, 6.07) is 0.691. The Kier molecular flexibility index (Phi) is 3.86. The molecule has 0 atom stereocenters. The maximum absolute atomic E-state index is 5.53. The third-order valence-corrected chi connectivity index (χ3v) is 3.51. The second kappa shape index (κ2) is 5.80. The van der Waals surface area contributed by atoms with Crippen LogP contribution in [0, 0.1) is 0 Å². The molecule has 9 nitrogen and oxygen atoms in total. The number of tetrazole rings is 1. The lowest BCUT2D eigenvalue weighted by molar-refractivity contribution is 0.219. The molecule has 0 aromatic carbocycles. The van der Waals surface area contributed by atoms with Crippen molar-refractivity contribution in [2.24, 2.45) is 0 Å². The van der Waals surface area contributed by atoms with Gasteiger partial charge in [0.1, 0.15) is 0 Å². The highest BCUT2D eigenvalue weighted by molar-refractivity contribution is 7.99. The average molecular weight is 308 g/mol. The van der Waals surface area contributed by atoms with Crippen LogP contribution in [0.1, 0.15) is 32.7 Å². The zero-order valence-corrected chi connectivity index (χ0v) is 12.8. The fraction of sp³-hybridized carbons (Fsp3) is 0.636. The average Bonchev–Trinajstić information content (AvgIpc) is 3.18. The minimum Gasteiger partial charge on any atom is -0.461 e. The third-order valence-electron chi connectivity index (χ3n) is 2.70. The van der Waals surface area contributed by atoms with E-state index in [9.17, 15) is 0 Å². The van der Waals surface area contributed by atoms with Gasteiger partial charge in [-0.3, -0.25) is 0 Å². The Morgan fingerprint density at radius 2 is 2.10 bits per heavy atom. The van der Waals surface area contributed by atoms with E-state index in [1.165, 1.54) is 11.8 Å². The first-order chi connectivity index (χ1) is 10.2. The summed E-state index contributed by atoms with van der Waals surface area (Å²) in [6.45, 7) is 3.84. The van der Waals surface area contributed by atoms with Gasteiger partial charge in [-0.15, -0.1) is 5.10 Å². The van der Waals surface area contributed by atoms with Crippen LogP contribution < -0.4 is 10.1 Å². The molecular weight excluding hydrogens is 292 g/mol. The van der Waals surface area contributed by atoms with E-state index < -0.39 is 0 Å². The van der Waals surface area contributed by atoms with Crippen LogP contribution in [0.3, 0.4) is 0 Å². The van der Waals surface area contributed by atoms with Crippen molar-refractivity contribution in [1.29, 1.82) is 0 Å². The van der Waals surface area contributed by atoms with E-state index in [1.807, 2.05) is 18.5 Å². The van der Waals surface area contributed by atoms with Gasteiger partial charge >= 0.3 is 6.01 Å². The molecule has 2 heterocycles. The van der Waals surface area contributed by atoms with Crippen LogP contribution >= 0.6 is 11.8 Å². The molecule has 2 aromatic rings. The number of hydrogen-bond acceptors (Lipinski definition) is 9. The van der Waals surface area contributed by atoms with Crippen LogP contribution in [0.4, 0.5) is 5.95 Å². The van der Waals surface area contributed by atoms with E-state index in [2.05, 4.69) is 35.8 Å². The SMILES string of the molecule is CNc1nc(OC(C)C)nc(Sc2nnnn2C2CC2)n1. The summed E-state index contributed by atoms with van der Waals surface area (Å²) >= 11 is 1.30. The number of anilines is 1. The van der Waals surface area contributed by atoms with Gasteiger partial charge in [-0.25, -0.2) is 4.68 Å². The highest BCUT2D eigenvalue weighted by atomic mass is 32.2. The van der Waals surface area contributed by atoms with E-state index >= 15 is 0 Å². The third kappa shape index (κ3) is 3.38. The smallest absolute Gasteiger partial charge is 0.322 e. The predicted molar refractivity (Wildman–Crippen MR) is 75.3 cm³/mol. The molecule has 1 aliphatic rings. The van der Waals surface area contributed by atoms with Crippen LogP contribution in [0.15, 0.2) is 10.3 Å². The van der Waals surface area contributed by atoms with Gasteiger partial charge in [0.05, 0.1) is 12.1 Å². The van der Waals surface area contributed by atoms with Gasteiger partial charge in [0.2, 0.25) is 16.3 Å². The molecule has 0 radical (unpaired) electrons. The van der Waals surface area contributed by atoms with Crippen LogP contribution in [0.5, 0.6) is 6.01 Å². The number of hydrogen-bond donors (Lipinski definition) is 1. The Hall–Kier alpha value is -1.97. The molecule has 0 saturated heterocycles. The predicted octanol–water partition coefficient (Wildman–Crippen LogP) is 1.17. The van der Waals surface area contributed by atoms with Crippen LogP contribution in [0.25, 0.3) is 0 Å². The molecule has 1 fully saturated rings. The maximum atomic E-state index is 5.53. The monoisotopic (exact) mass is 308 g/mol. The van der Waals surface area contributed by atoms with Crippen molar-refractivity contribution in [2.75, 3.05) is 12.4 Å². The normalized spacial score (nSPS) is 14.5. The van der Waals surface area contributed by atoms with E-state index in [4.69, 9.17) is 4.74 Å². The molecule has 1 N–H and O–H groups in total. The van der Waals surface area contributed by atoms with Crippen LogP contribution in [-0.4, -0.2) is 48.3 Å². The fourth-order valence-corrected chi connectivity index (χ4v) is 2.42. The lowest BCUT2D eigenvalue weighted by atomic mass is 10.5. The molecule has 2 aromatic heterocycles. The van der Waals surface area contributed by atoms with E-state index in [-0.39, 0.29) is 12.1 Å². The van der Waals surface area contributed by atoms with Crippen molar-refractivity contribution < 1.29 is 4.74 Å². The molecular formula is C11H16N8OS. The summed E-state index contributed by atoms with van der Waals surface area (Å²) in [7, 11) is 1.75. The summed E-state index contributed by atoms with van der Waals surface area (Å²) in [5.74, 6) is 0.452. The molecule has 0 aliphatic heterocycles. The Morgan fingerprint density at radius 3 is 2.76 bits per heavy atom. The topological polar surface area (TPSA) is 104 Å². The van der Waals surface area contributed by atoms with E-state index in [1.54, 1.807) is 7.05 Å². The Labute approximate surface area is 125 Å². The molecule has 112 valence electrons. The second-order valence-electron chi connectivity index (χ2n) is 4.88. The van der Waals surface area contributed by atoms with Gasteiger partial charge < -0.3 is 10.1 Å². The van der Waals surface area contributed by atoms with Crippen molar-refractivity contribution in [3.05, 3.63) is 0 Å². The molecule has 10 heteroatoms. The summed E-state index contributed by atoms with van der Waals surface area (Å²) < 4.78 is 7.35. The van der Waals surface area contributed by atoms with E-state index in [0.717, 1.165) is 12.8 Å². The molecule has 0 amide bonds. The molecule has 0 unspecified atom stereocenters. The minimum atomic E-state index is -0.00765. The summed E-state index contributed by atoms with van der Waals surface area (Å²) in [4.78, 5) is 12.7. The Morgan fingerprint density at radius 1 is 1.29 bits per heavy atom. The van der Waals surface area contributed by atoms with Gasteiger partial charge in [0.25, 0.3) is 0 Å². The van der Waals surface area contributed by atoms with Crippen molar-refractivity contribution in [2.45, 2.75) is 49.1 Å². The quantitative estimate of drug-likeness (QED) is 0.842. The van der Waals surface area contributed by atoms with Gasteiger partial charge in [0.15, 0.2) is 0 Å². The Bertz CT molecular complexity index is 626. The summed E-state index contributed by atoms with van der Waals surface area (Å²) in [6.07, 6.45) is 2.21. The zero-order valence-electron chi connectivity index (χ0n) is 12.0. The molecule has 1 aliphatic carbocycles. The summed E-state index contributed by atoms with van der Waals surface area (Å²) in [5, 5.41) is 15.8. The van der Waals surface area contributed by atoms with Gasteiger partial charge in [-0.2, -0.15) is 15.0 Å². The van der Waals surface area contributed by atoms with Crippen LogP contribution in [0.2, 0.25) is 0 Å². The lowest BCUT2D eigenvalue weighted by Gasteiger charge is -2.09.